The van der Waals surface area contributed by atoms with E-state index in [2.05, 4.69) is 26.2 Å². The Balaban J connectivity index is 2.41. The summed E-state index contributed by atoms with van der Waals surface area (Å²) in [7, 11) is 0. The minimum Gasteiger partial charge on any atom is -0.353 e. The first-order valence-corrected chi connectivity index (χ1v) is 5.59. The van der Waals surface area contributed by atoms with Gasteiger partial charge in [0.15, 0.2) is 0 Å². The highest BCUT2D eigenvalue weighted by Gasteiger charge is 2.06. The van der Waals surface area contributed by atoms with Gasteiger partial charge in [-0.2, -0.15) is 0 Å². The van der Waals surface area contributed by atoms with E-state index in [0.717, 1.165) is 12.1 Å². The van der Waals surface area contributed by atoms with Gasteiger partial charge >= 0.3 is 0 Å². The second kappa shape index (κ2) is 5.75. The normalized spacial score (nSPS) is 12.1. The number of carbonyl (C=O) groups is 1. The summed E-state index contributed by atoms with van der Waals surface area (Å²) in [5, 5.41) is 3.20. The molecule has 14 heavy (non-hydrogen) atoms. The van der Waals surface area contributed by atoms with Gasteiger partial charge in [0.1, 0.15) is 0 Å². The molecular weight excluding hydrogens is 244 g/mol. The third-order valence-corrected chi connectivity index (χ3v) is 2.28. The number of carbonyl (C=O) groups excluding carboxylic acids is 1. The van der Waals surface area contributed by atoms with E-state index < -0.39 is 0 Å². The molecule has 0 aliphatic carbocycles. The smallest absolute Gasteiger partial charge is 0.230 e. The summed E-state index contributed by atoms with van der Waals surface area (Å²) in [5.41, 5.74) is 0.995. The number of hydrogen-bond donors (Lipinski definition) is 1. The number of hydrogen-bond acceptors (Lipinski definition) is 2. The maximum absolute atomic E-state index is 11.0. The van der Waals surface area contributed by atoms with Crippen LogP contribution in [-0.2, 0) is 11.2 Å². The number of nitrogens with one attached hydrogen (secondary N) is 1. The molecule has 0 saturated carbocycles. The third-order valence-electron chi connectivity index (χ3n) is 1.77. The van der Waals surface area contributed by atoms with Gasteiger partial charge in [0.25, 0.3) is 0 Å². The number of rotatable bonds is 4. The van der Waals surface area contributed by atoms with Crippen molar-refractivity contribution in [2.45, 2.75) is 19.4 Å². The molecule has 1 unspecified atom stereocenters. The third kappa shape index (κ3) is 3.87. The average molecular weight is 257 g/mol. The fourth-order valence-electron chi connectivity index (χ4n) is 1.20. The minimum atomic E-state index is 0.00781. The van der Waals surface area contributed by atoms with Gasteiger partial charge in [-0.05, 0) is 19.1 Å². The van der Waals surface area contributed by atoms with Crippen LogP contribution in [0.3, 0.4) is 0 Å². The van der Waals surface area contributed by atoms with E-state index in [1.54, 1.807) is 6.20 Å². The van der Waals surface area contributed by atoms with Crippen molar-refractivity contribution >= 4 is 21.8 Å². The lowest BCUT2D eigenvalue weighted by molar-refractivity contribution is -0.119. The van der Waals surface area contributed by atoms with Gasteiger partial charge in [-0.15, -0.1) is 0 Å². The standard InChI is InChI=1S/C10H13BrN2O/c1-8(13-10(14)7-11)6-9-4-2-3-5-12-9/h2-5,8H,6-7H2,1H3,(H,13,14). The van der Waals surface area contributed by atoms with E-state index in [0.29, 0.717) is 5.33 Å². The summed E-state index contributed by atoms with van der Waals surface area (Å²) >= 11 is 3.10. The molecule has 76 valence electrons. The van der Waals surface area contributed by atoms with E-state index in [9.17, 15) is 4.79 Å². The predicted octanol–water partition coefficient (Wildman–Crippen LogP) is 1.52. The van der Waals surface area contributed by atoms with Crippen LogP contribution in [0.1, 0.15) is 12.6 Å². The van der Waals surface area contributed by atoms with Crippen LogP contribution in [0, 0.1) is 0 Å². The molecule has 0 aromatic carbocycles. The number of halogens is 1. The topological polar surface area (TPSA) is 42.0 Å². The van der Waals surface area contributed by atoms with Crippen LogP contribution in [0.15, 0.2) is 24.4 Å². The Morgan fingerprint density at radius 3 is 3.00 bits per heavy atom. The van der Waals surface area contributed by atoms with Gasteiger partial charge < -0.3 is 5.32 Å². The van der Waals surface area contributed by atoms with Crippen LogP contribution in [0.5, 0.6) is 0 Å². The average Bonchev–Trinajstić information content (AvgIpc) is 2.19. The molecule has 0 aliphatic heterocycles. The molecule has 1 amide bonds. The lowest BCUT2D eigenvalue weighted by atomic mass is 10.1. The van der Waals surface area contributed by atoms with Crippen molar-refractivity contribution < 1.29 is 4.79 Å². The van der Waals surface area contributed by atoms with Gasteiger partial charge in [-0.25, -0.2) is 0 Å². The zero-order valence-corrected chi connectivity index (χ0v) is 9.62. The Labute approximate surface area is 92.1 Å². The molecule has 1 aromatic heterocycles. The molecule has 0 aliphatic rings. The monoisotopic (exact) mass is 256 g/mol. The van der Waals surface area contributed by atoms with E-state index in [-0.39, 0.29) is 11.9 Å². The molecule has 0 radical (unpaired) electrons. The number of alkyl halides is 1. The second-order valence-corrected chi connectivity index (χ2v) is 3.69. The van der Waals surface area contributed by atoms with Crippen LogP contribution in [0.4, 0.5) is 0 Å². The molecule has 1 atom stereocenters. The molecule has 4 heteroatoms. The first kappa shape index (κ1) is 11.2. The number of amides is 1. The summed E-state index contributed by atoms with van der Waals surface area (Å²) in [4.78, 5) is 15.2. The maximum Gasteiger partial charge on any atom is 0.230 e. The fourth-order valence-corrected chi connectivity index (χ4v) is 1.36. The van der Waals surface area contributed by atoms with Crippen molar-refractivity contribution in [2.24, 2.45) is 0 Å². The van der Waals surface area contributed by atoms with Crippen LogP contribution in [0.2, 0.25) is 0 Å². The SMILES string of the molecule is CC(Cc1ccccn1)NC(=O)CBr. The lowest BCUT2D eigenvalue weighted by Gasteiger charge is -2.11. The summed E-state index contributed by atoms with van der Waals surface area (Å²) in [6.45, 7) is 1.97. The van der Waals surface area contributed by atoms with Gasteiger partial charge in [-0.3, -0.25) is 9.78 Å². The molecule has 0 spiro atoms. The molecule has 0 bridgehead atoms. The highest BCUT2D eigenvalue weighted by Crippen LogP contribution is 1.98. The second-order valence-electron chi connectivity index (χ2n) is 3.13. The van der Waals surface area contributed by atoms with Crippen molar-refractivity contribution in [3.63, 3.8) is 0 Å². The van der Waals surface area contributed by atoms with E-state index in [1.165, 1.54) is 0 Å². The first-order chi connectivity index (χ1) is 6.72. The predicted molar refractivity (Wildman–Crippen MR) is 59.3 cm³/mol. The lowest BCUT2D eigenvalue weighted by Crippen LogP contribution is -2.34. The fraction of sp³-hybridized carbons (Fsp3) is 0.400. The molecular formula is C10H13BrN2O. The van der Waals surface area contributed by atoms with Crippen LogP contribution in [0.25, 0.3) is 0 Å². The Kier molecular flexibility index (Phi) is 4.59. The van der Waals surface area contributed by atoms with Crippen molar-refractivity contribution in [1.29, 1.82) is 0 Å². The van der Waals surface area contributed by atoms with Gasteiger partial charge in [0.2, 0.25) is 5.91 Å². The van der Waals surface area contributed by atoms with E-state index in [1.807, 2.05) is 25.1 Å². The Hall–Kier alpha value is -0.900. The summed E-state index contributed by atoms with van der Waals surface area (Å²) in [5.74, 6) is 0.00781. The van der Waals surface area contributed by atoms with Crippen molar-refractivity contribution in [2.75, 3.05) is 5.33 Å². The highest BCUT2D eigenvalue weighted by molar-refractivity contribution is 9.09. The Morgan fingerprint density at radius 1 is 1.64 bits per heavy atom. The summed E-state index contributed by atoms with van der Waals surface area (Å²) in [6, 6.07) is 5.90. The van der Waals surface area contributed by atoms with Gasteiger partial charge in [-0.1, -0.05) is 22.0 Å². The van der Waals surface area contributed by atoms with Crippen molar-refractivity contribution in [3.05, 3.63) is 30.1 Å². The Morgan fingerprint density at radius 2 is 2.43 bits per heavy atom. The van der Waals surface area contributed by atoms with Crippen LogP contribution >= 0.6 is 15.9 Å². The first-order valence-electron chi connectivity index (χ1n) is 4.47. The summed E-state index contributed by atoms with van der Waals surface area (Å²) < 4.78 is 0. The minimum absolute atomic E-state index is 0.00781. The summed E-state index contributed by atoms with van der Waals surface area (Å²) in [6.07, 6.45) is 2.52. The molecule has 1 N–H and O–H groups in total. The number of aromatic nitrogens is 1. The number of nitrogens with zero attached hydrogens (tertiary/aromatic N) is 1. The van der Waals surface area contributed by atoms with E-state index >= 15 is 0 Å². The van der Waals surface area contributed by atoms with Crippen molar-refractivity contribution in [3.8, 4) is 0 Å². The van der Waals surface area contributed by atoms with Crippen LogP contribution < -0.4 is 5.32 Å². The van der Waals surface area contributed by atoms with Crippen molar-refractivity contribution in [1.82, 2.24) is 10.3 Å². The molecule has 1 heterocycles. The quantitative estimate of drug-likeness (QED) is 0.831. The molecule has 0 saturated heterocycles. The van der Waals surface area contributed by atoms with E-state index in [4.69, 9.17) is 0 Å². The highest BCUT2D eigenvalue weighted by atomic mass is 79.9. The largest absolute Gasteiger partial charge is 0.353 e. The molecule has 0 fully saturated rings. The molecule has 3 nitrogen and oxygen atoms in total. The molecule has 1 rings (SSSR count). The zero-order valence-electron chi connectivity index (χ0n) is 8.03. The van der Waals surface area contributed by atoms with Gasteiger partial charge in [0.05, 0.1) is 5.33 Å². The number of pyridine rings is 1. The van der Waals surface area contributed by atoms with Gasteiger partial charge in [0, 0.05) is 24.4 Å². The Bertz CT molecular complexity index is 289. The molecule has 1 aromatic rings. The zero-order chi connectivity index (χ0) is 10.4. The van der Waals surface area contributed by atoms with Crippen LogP contribution in [-0.4, -0.2) is 22.3 Å². The maximum atomic E-state index is 11.0.